The molecule has 0 unspecified atom stereocenters. The molecule has 2 aromatic carbocycles. The van der Waals surface area contributed by atoms with E-state index in [1.807, 2.05) is 0 Å². The Balaban J connectivity index is 2.46. The van der Waals surface area contributed by atoms with Crippen molar-refractivity contribution in [1.29, 1.82) is 0 Å². The standard InChI is InChI=1S/C17H18ClF2N/c1-3-8-21-10-12-9-13(18)5-7-14(12)15-6-4-11(2)16(19)17(15)20/h4-7,9,21H,3,8,10H2,1-2H3. The van der Waals surface area contributed by atoms with Gasteiger partial charge in [0.1, 0.15) is 0 Å². The predicted molar refractivity (Wildman–Crippen MR) is 83.5 cm³/mol. The van der Waals surface area contributed by atoms with Crippen LogP contribution in [0.25, 0.3) is 11.1 Å². The third-order valence-electron chi connectivity index (χ3n) is 3.38. The Morgan fingerprint density at radius 1 is 1.05 bits per heavy atom. The fourth-order valence-electron chi connectivity index (χ4n) is 2.23. The van der Waals surface area contributed by atoms with Crippen LogP contribution in [-0.4, -0.2) is 6.54 Å². The number of aryl methyl sites for hydroxylation is 1. The van der Waals surface area contributed by atoms with Crippen LogP contribution < -0.4 is 5.32 Å². The molecule has 0 saturated carbocycles. The van der Waals surface area contributed by atoms with E-state index in [0.717, 1.165) is 18.5 Å². The number of hydrogen-bond donors (Lipinski definition) is 1. The minimum atomic E-state index is -0.811. The van der Waals surface area contributed by atoms with Crippen molar-refractivity contribution in [2.45, 2.75) is 26.8 Å². The zero-order chi connectivity index (χ0) is 15.4. The molecule has 0 fully saturated rings. The van der Waals surface area contributed by atoms with Crippen LogP contribution in [0.5, 0.6) is 0 Å². The molecule has 1 N–H and O–H groups in total. The Morgan fingerprint density at radius 3 is 2.48 bits per heavy atom. The van der Waals surface area contributed by atoms with Crippen LogP contribution in [0.2, 0.25) is 5.02 Å². The van der Waals surface area contributed by atoms with Gasteiger partial charge in [-0.05, 0) is 48.7 Å². The second-order valence-electron chi connectivity index (χ2n) is 5.04. The highest BCUT2D eigenvalue weighted by atomic mass is 35.5. The summed E-state index contributed by atoms with van der Waals surface area (Å²) in [6, 6.07) is 8.42. The highest BCUT2D eigenvalue weighted by Gasteiger charge is 2.15. The smallest absolute Gasteiger partial charge is 0.166 e. The summed E-state index contributed by atoms with van der Waals surface area (Å²) in [5.41, 5.74) is 2.09. The van der Waals surface area contributed by atoms with Gasteiger partial charge in [-0.1, -0.05) is 36.7 Å². The number of hydrogen-bond acceptors (Lipinski definition) is 1. The average molecular weight is 310 g/mol. The van der Waals surface area contributed by atoms with Crippen molar-refractivity contribution in [3.63, 3.8) is 0 Å². The van der Waals surface area contributed by atoms with Gasteiger partial charge < -0.3 is 5.32 Å². The molecule has 2 aromatic rings. The lowest BCUT2D eigenvalue weighted by molar-refractivity contribution is 0.505. The van der Waals surface area contributed by atoms with Crippen molar-refractivity contribution in [3.05, 3.63) is 58.1 Å². The van der Waals surface area contributed by atoms with Crippen LogP contribution >= 0.6 is 11.6 Å². The molecular weight excluding hydrogens is 292 g/mol. The van der Waals surface area contributed by atoms with E-state index < -0.39 is 11.6 Å². The molecule has 1 nitrogen and oxygen atoms in total. The molecule has 112 valence electrons. The zero-order valence-electron chi connectivity index (χ0n) is 12.1. The minimum Gasteiger partial charge on any atom is -0.313 e. The first-order valence-electron chi connectivity index (χ1n) is 6.98. The van der Waals surface area contributed by atoms with E-state index in [2.05, 4.69) is 12.2 Å². The molecule has 0 bridgehead atoms. The van der Waals surface area contributed by atoms with Gasteiger partial charge in [-0.3, -0.25) is 0 Å². The molecule has 0 aromatic heterocycles. The van der Waals surface area contributed by atoms with E-state index >= 15 is 0 Å². The van der Waals surface area contributed by atoms with Crippen LogP contribution in [-0.2, 0) is 6.54 Å². The van der Waals surface area contributed by atoms with Crippen molar-refractivity contribution in [3.8, 4) is 11.1 Å². The number of nitrogens with one attached hydrogen (secondary N) is 1. The van der Waals surface area contributed by atoms with E-state index in [1.54, 1.807) is 37.3 Å². The summed E-state index contributed by atoms with van der Waals surface area (Å²) < 4.78 is 28.0. The molecule has 0 spiro atoms. The van der Waals surface area contributed by atoms with E-state index in [9.17, 15) is 8.78 Å². The zero-order valence-corrected chi connectivity index (χ0v) is 12.9. The van der Waals surface area contributed by atoms with Crippen LogP contribution in [0.1, 0.15) is 24.5 Å². The molecule has 21 heavy (non-hydrogen) atoms. The Morgan fingerprint density at radius 2 is 1.76 bits per heavy atom. The fourth-order valence-corrected chi connectivity index (χ4v) is 2.42. The van der Waals surface area contributed by atoms with Crippen molar-refractivity contribution in [2.24, 2.45) is 0 Å². The summed E-state index contributed by atoms with van der Waals surface area (Å²) in [6.07, 6.45) is 1.00. The van der Waals surface area contributed by atoms with Gasteiger partial charge in [-0.15, -0.1) is 0 Å². The lowest BCUT2D eigenvalue weighted by Crippen LogP contribution is -2.14. The Kier molecular flexibility index (Phi) is 5.32. The van der Waals surface area contributed by atoms with Crippen molar-refractivity contribution in [1.82, 2.24) is 5.32 Å². The molecule has 0 heterocycles. The summed E-state index contributed by atoms with van der Waals surface area (Å²) >= 11 is 6.02. The Hall–Kier alpha value is -1.45. The van der Waals surface area contributed by atoms with E-state index in [1.165, 1.54) is 0 Å². The van der Waals surface area contributed by atoms with E-state index in [-0.39, 0.29) is 5.56 Å². The lowest BCUT2D eigenvalue weighted by atomic mass is 9.97. The van der Waals surface area contributed by atoms with Crippen LogP contribution in [0.3, 0.4) is 0 Å². The van der Waals surface area contributed by atoms with Gasteiger partial charge in [0, 0.05) is 17.1 Å². The normalized spacial score (nSPS) is 10.9. The number of halogens is 3. The first-order chi connectivity index (χ1) is 10.0. The van der Waals surface area contributed by atoms with Crippen molar-refractivity contribution in [2.75, 3.05) is 6.54 Å². The third kappa shape index (κ3) is 3.60. The molecule has 0 radical (unpaired) electrons. The largest absolute Gasteiger partial charge is 0.313 e. The molecule has 0 aliphatic rings. The molecule has 0 amide bonds. The van der Waals surface area contributed by atoms with Gasteiger partial charge in [-0.2, -0.15) is 0 Å². The summed E-state index contributed by atoms with van der Waals surface area (Å²) in [5.74, 6) is -1.61. The molecule has 0 aliphatic heterocycles. The number of rotatable bonds is 5. The maximum absolute atomic E-state index is 14.2. The van der Waals surface area contributed by atoms with Crippen LogP contribution in [0, 0.1) is 18.6 Å². The highest BCUT2D eigenvalue weighted by Crippen LogP contribution is 2.30. The fraction of sp³-hybridized carbons (Fsp3) is 0.294. The summed E-state index contributed by atoms with van der Waals surface area (Å²) in [7, 11) is 0. The quantitative estimate of drug-likeness (QED) is 0.758. The summed E-state index contributed by atoms with van der Waals surface area (Å²) in [5, 5.41) is 3.84. The molecule has 0 aliphatic carbocycles. The molecule has 0 atom stereocenters. The third-order valence-corrected chi connectivity index (χ3v) is 3.61. The average Bonchev–Trinajstić information content (AvgIpc) is 2.46. The first kappa shape index (κ1) is 15.9. The van der Waals surface area contributed by atoms with E-state index in [0.29, 0.717) is 22.7 Å². The van der Waals surface area contributed by atoms with E-state index in [4.69, 9.17) is 11.6 Å². The van der Waals surface area contributed by atoms with Crippen molar-refractivity contribution < 1.29 is 8.78 Å². The van der Waals surface area contributed by atoms with Crippen LogP contribution in [0.15, 0.2) is 30.3 Å². The second-order valence-corrected chi connectivity index (χ2v) is 5.47. The van der Waals surface area contributed by atoms with Gasteiger partial charge in [-0.25, -0.2) is 8.78 Å². The monoisotopic (exact) mass is 309 g/mol. The van der Waals surface area contributed by atoms with Gasteiger partial charge in [0.15, 0.2) is 11.6 Å². The molecular formula is C17H18ClF2N. The number of benzene rings is 2. The predicted octanol–water partition coefficient (Wildman–Crippen LogP) is 5.09. The topological polar surface area (TPSA) is 12.0 Å². The molecule has 4 heteroatoms. The van der Waals surface area contributed by atoms with Gasteiger partial charge in [0.05, 0.1) is 0 Å². The van der Waals surface area contributed by atoms with Gasteiger partial charge in [0.25, 0.3) is 0 Å². The first-order valence-corrected chi connectivity index (χ1v) is 7.36. The summed E-state index contributed by atoms with van der Waals surface area (Å²) in [6.45, 7) is 5.05. The van der Waals surface area contributed by atoms with Gasteiger partial charge in [0.2, 0.25) is 0 Å². The molecule has 2 rings (SSSR count). The maximum atomic E-state index is 14.2. The lowest BCUT2D eigenvalue weighted by Gasteiger charge is -2.13. The summed E-state index contributed by atoms with van der Waals surface area (Å²) in [4.78, 5) is 0. The molecule has 0 saturated heterocycles. The highest BCUT2D eigenvalue weighted by molar-refractivity contribution is 6.30. The minimum absolute atomic E-state index is 0.267. The van der Waals surface area contributed by atoms with Crippen LogP contribution in [0.4, 0.5) is 8.78 Å². The van der Waals surface area contributed by atoms with Crippen molar-refractivity contribution >= 4 is 11.6 Å². The second kappa shape index (κ2) is 7.01. The SMILES string of the molecule is CCCNCc1cc(Cl)ccc1-c1ccc(C)c(F)c1F. The Labute approximate surface area is 128 Å². The van der Waals surface area contributed by atoms with Gasteiger partial charge >= 0.3 is 0 Å². The Bertz CT molecular complexity index is 641. The maximum Gasteiger partial charge on any atom is 0.166 e.